The standard InChI is InChI=1S/C14H10N2O4/c15-9-11-3-1-10(2-4-11)5-8-14(19)20-16-12(17)6-7-13(16)18/h1-5,8H,6-7H2/b8-5+. The molecule has 6 heteroatoms. The van der Waals surface area contributed by atoms with Crippen molar-refractivity contribution in [2.75, 3.05) is 0 Å². The van der Waals surface area contributed by atoms with Crippen LogP contribution in [-0.2, 0) is 19.2 Å². The third kappa shape index (κ3) is 3.09. The SMILES string of the molecule is N#Cc1ccc(/C=C/C(=O)ON2C(=O)CCC2=O)cc1. The summed E-state index contributed by atoms with van der Waals surface area (Å²) in [4.78, 5) is 38.6. The molecule has 2 rings (SSSR count). The summed E-state index contributed by atoms with van der Waals surface area (Å²) in [5, 5.41) is 9.14. The minimum Gasteiger partial charge on any atom is -0.326 e. The average molecular weight is 270 g/mol. The van der Waals surface area contributed by atoms with Crippen molar-refractivity contribution < 1.29 is 19.2 Å². The molecule has 0 N–H and O–H groups in total. The minimum absolute atomic E-state index is 0.0610. The molecule has 20 heavy (non-hydrogen) atoms. The molecule has 0 atom stereocenters. The summed E-state index contributed by atoms with van der Waals surface area (Å²) in [5.74, 6) is -1.84. The summed E-state index contributed by atoms with van der Waals surface area (Å²) in [6.07, 6.45) is 2.70. The van der Waals surface area contributed by atoms with Crippen molar-refractivity contribution >= 4 is 23.9 Å². The smallest absolute Gasteiger partial charge is 0.326 e. The van der Waals surface area contributed by atoms with Gasteiger partial charge < -0.3 is 4.84 Å². The van der Waals surface area contributed by atoms with Gasteiger partial charge >= 0.3 is 5.97 Å². The van der Waals surface area contributed by atoms with Crippen LogP contribution in [-0.4, -0.2) is 22.8 Å². The van der Waals surface area contributed by atoms with Gasteiger partial charge in [0.05, 0.1) is 11.6 Å². The summed E-state index contributed by atoms with van der Waals surface area (Å²) in [5.41, 5.74) is 1.21. The summed E-state index contributed by atoms with van der Waals surface area (Å²) in [6, 6.07) is 8.52. The maximum atomic E-state index is 11.5. The first-order valence-corrected chi connectivity index (χ1v) is 5.86. The molecular weight excluding hydrogens is 260 g/mol. The molecule has 6 nitrogen and oxygen atoms in total. The molecule has 1 saturated heterocycles. The summed E-state index contributed by atoms with van der Waals surface area (Å²) >= 11 is 0. The second-order valence-electron chi connectivity index (χ2n) is 4.06. The Morgan fingerprint density at radius 2 is 1.80 bits per heavy atom. The van der Waals surface area contributed by atoms with E-state index in [0.717, 1.165) is 6.08 Å². The second kappa shape index (κ2) is 5.80. The highest BCUT2D eigenvalue weighted by molar-refractivity contribution is 6.02. The molecule has 1 aliphatic heterocycles. The number of carbonyl (C=O) groups is 3. The molecule has 1 aromatic rings. The summed E-state index contributed by atoms with van der Waals surface area (Å²) in [6.45, 7) is 0. The Bertz CT molecular complexity index is 610. The number of nitrogens with zero attached hydrogens (tertiary/aromatic N) is 2. The highest BCUT2D eigenvalue weighted by Gasteiger charge is 2.32. The Hall–Kier alpha value is -2.94. The molecule has 0 spiro atoms. The number of carbonyl (C=O) groups excluding carboxylic acids is 3. The maximum Gasteiger partial charge on any atom is 0.356 e. The van der Waals surface area contributed by atoms with Gasteiger partial charge in [-0.25, -0.2) is 4.79 Å². The van der Waals surface area contributed by atoms with Crippen LogP contribution in [0.4, 0.5) is 0 Å². The fraction of sp³-hybridized carbons (Fsp3) is 0.143. The molecule has 0 unspecified atom stereocenters. The number of benzene rings is 1. The lowest BCUT2D eigenvalue weighted by molar-refractivity contribution is -0.193. The zero-order valence-electron chi connectivity index (χ0n) is 10.4. The molecule has 0 radical (unpaired) electrons. The van der Waals surface area contributed by atoms with Gasteiger partial charge in [0, 0.05) is 18.9 Å². The first kappa shape index (κ1) is 13.5. The van der Waals surface area contributed by atoms with Crippen molar-refractivity contribution in [3.8, 4) is 6.07 Å². The van der Waals surface area contributed by atoms with Crippen molar-refractivity contribution in [2.45, 2.75) is 12.8 Å². The van der Waals surface area contributed by atoms with Gasteiger partial charge in [-0.3, -0.25) is 9.59 Å². The number of hydrogen-bond acceptors (Lipinski definition) is 5. The molecule has 0 bridgehead atoms. The fourth-order valence-corrected chi connectivity index (χ4v) is 1.61. The van der Waals surface area contributed by atoms with Gasteiger partial charge in [0.1, 0.15) is 0 Å². The van der Waals surface area contributed by atoms with Gasteiger partial charge in [-0.2, -0.15) is 5.26 Å². The van der Waals surface area contributed by atoms with Crippen LogP contribution in [0.3, 0.4) is 0 Å². The highest BCUT2D eigenvalue weighted by atomic mass is 16.7. The quantitative estimate of drug-likeness (QED) is 0.608. The van der Waals surface area contributed by atoms with E-state index in [9.17, 15) is 14.4 Å². The number of hydrogen-bond donors (Lipinski definition) is 0. The van der Waals surface area contributed by atoms with Crippen LogP contribution in [0.1, 0.15) is 24.0 Å². The lowest BCUT2D eigenvalue weighted by atomic mass is 10.1. The van der Waals surface area contributed by atoms with E-state index < -0.39 is 17.8 Å². The lowest BCUT2D eigenvalue weighted by Gasteiger charge is -2.10. The minimum atomic E-state index is -0.807. The zero-order valence-corrected chi connectivity index (χ0v) is 10.4. The molecule has 1 aliphatic rings. The van der Waals surface area contributed by atoms with Crippen LogP contribution in [0.5, 0.6) is 0 Å². The van der Waals surface area contributed by atoms with Crippen LogP contribution < -0.4 is 0 Å². The first-order valence-electron chi connectivity index (χ1n) is 5.86. The average Bonchev–Trinajstić information content (AvgIpc) is 2.77. The predicted molar refractivity (Wildman–Crippen MR) is 67.4 cm³/mol. The largest absolute Gasteiger partial charge is 0.356 e. The number of hydroxylamine groups is 2. The Kier molecular flexibility index (Phi) is 3.91. The molecule has 0 aliphatic carbocycles. The number of imide groups is 1. The lowest BCUT2D eigenvalue weighted by Crippen LogP contribution is -2.31. The topological polar surface area (TPSA) is 87.5 Å². The molecule has 2 amide bonds. The molecular formula is C14H10N2O4. The van der Waals surface area contributed by atoms with E-state index in [2.05, 4.69) is 4.84 Å². The van der Waals surface area contributed by atoms with E-state index in [4.69, 9.17) is 5.26 Å². The number of amides is 2. The van der Waals surface area contributed by atoms with E-state index in [1.165, 1.54) is 6.08 Å². The molecule has 1 aromatic carbocycles. The van der Waals surface area contributed by atoms with Crippen molar-refractivity contribution in [3.63, 3.8) is 0 Å². The normalized spacial score (nSPS) is 14.7. The second-order valence-corrected chi connectivity index (χ2v) is 4.06. The fourth-order valence-electron chi connectivity index (χ4n) is 1.61. The molecule has 0 aromatic heterocycles. The highest BCUT2D eigenvalue weighted by Crippen LogP contribution is 2.12. The van der Waals surface area contributed by atoms with Crippen LogP contribution in [0.15, 0.2) is 30.3 Å². The van der Waals surface area contributed by atoms with E-state index in [1.54, 1.807) is 24.3 Å². The zero-order chi connectivity index (χ0) is 14.5. The monoisotopic (exact) mass is 270 g/mol. The third-order valence-corrected chi connectivity index (χ3v) is 2.64. The number of nitriles is 1. The first-order chi connectivity index (χ1) is 9.60. The summed E-state index contributed by atoms with van der Waals surface area (Å²) in [7, 11) is 0. The Balaban J connectivity index is 1.97. The van der Waals surface area contributed by atoms with Crippen molar-refractivity contribution in [2.24, 2.45) is 0 Å². The molecule has 0 saturated carbocycles. The van der Waals surface area contributed by atoms with Crippen molar-refractivity contribution in [1.82, 2.24) is 5.06 Å². The van der Waals surface area contributed by atoms with Gasteiger partial charge in [0.15, 0.2) is 0 Å². The molecule has 1 fully saturated rings. The van der Waals surface area contributed by atoms with Gasteiger partial charge in [-0.15, -0.1) is 5.06 Å². The van der Waals surface area contributed by atoms with Gasteiger partial charge in [0.2, 0.25) is 0 Å². The Labute approximate surface area is 114 Å². The van der Waals surface area contributed by atoms with Crippen LogP contribution >= 0.6 is 0 Å². The maximum absolute atomic E-state index is 11.5. The van der Waals surface area contributed by atoms with Crippen molar-refractivity contribution in [3.05, 3.63) is 41.5 Å². The Morgan fingerprint density at radius 1 is 1.20 bits per heavy atom. The van der Waals surface area contributed by atoms with E-state index in [-0.39, 0.29) is 12.8 Å². The van der Waals surface area contributed by atoms with E-state index in [0.29, 0.717) is 16.2 Å². The van der Waals surface area contributed by atoms with Crippen molar-refractivity contribution in [1.29, 1.82) is 5.26 Å². The van der Waals surface area contributed by atoms with Gasteiger partial charge in [-0.1, -0.05) is 12.1 Å². The van der Waals surface area contributed by atoms with Crippen LogP contribution in [0.25, 0.3) is 6.08 Å². The molecule has 1 heterocycles. The van der Waals surface area contributed by atoms with E-state index in [1.807, 2.05) is 6.07 Å². The van der Waals surface area contributed by atoms with Crippen LogP contribution in [0.2, 0.25) is 0 Å². The van der Waals surface area contributed by atoms with E-state index >= 15 is 0 Å². The predicted octanol–water partition coefficient (Wildman–Crippen LogP) is 1.18. The summed E-state index contributed by atoms with van der Waals surface area (Å²) < 4.78 is 0. The Morgan fingerprint density at radius 3 is 2.35 bits per heavy atom. The number of rotatable bonds is 3. The molecule has 100 valence electrons. The van der Waals surface area contributed by atoms with Gasteiger partial charge in [-0.05, 0) is 23.8 Å². The third-order valence-electron chi connectivity index (χ3n) is 2.64. The van der Waals surface area contributed by atoms with Crippen LogP contribution in [0, 0.1) is 11.3 Å². The van der Waals surface area contributed by atoms with Gasteiger partial charge in [0.25, 0.3) is 11.8 Å².